The van der Waals surface area contributed by atoms with Crippen LogP contribution in [0.4, 0.5) is 0 Å². The first kappa shape index (κ1) is 12.7. The van der Waals surface area contributed by atoms with E-state index in [0.717, 1.165) is 17.8 Å². The number of rotatable bonds is 4. The maximum Gasteiger partial charge on any atom is 0.0275 e. The van der Waals surface area contributed by atoms with Gasteiger partial charge in [-0.3, -0.25) is 11.3 Å². The van der Waals surface area contributed by atoms with Crippen LogP contribution in [0.2, 0.25) is 0 Å². The molecule has 1 aliphatic carbocycles. The Balaban J connectivity index is 1.91. The Bertz CT molecular complexity index is 204. The van der Waals surface area contributed by atoms with Gasteiger partial charge < -0.3 is 0 Å². The molecule has 1 saturated heterocycles. The van der Waals surface area contributed by atoms with E-state index in [4.69, 9.17) is 5.84 Å². The zero-order valence-electron chi connectivity index (χ0n) is 10.5. The molecular formula is C13H26N2S. The lowest BCUT2D eigenvalue weighted by molar-refractivity contribution is 0.175. The van der Waals surface area contributed by atoms with Gasteiger partial charge in [-0.25, -0.2) is 0 Å². The monoisotopic (exact) mass is 242 g/mol. The zero-order valence-corrected chi connectivity index (χ0v) is 11.3. The third-order valence-corrected chi connectivity index (χ3v) is 5.76. The van der Waals surface area contributed by atoms with Crippen molar-refractivity contribution in [3.8, 4) is 0 Å². The molecule has 1 heterocycles. The molecule has 0 aromatic rings. The molecule has 2 rings (SSSR count). The summed E-state index contributed by atoms with van der Waals surface area (Å²) in [4.78, 5) is 0. The fraction of sp³-hybridized carbons (Fsp3) is 1.00. The van der Waals surface area contributed by atoms with Crippen LogP contribution in [0.15, 0.2) is 0 Å². The average Bonchev–Trinajstić information content (AvgIpc) is 2.84. The standard InChI is InChI=1S/C13H26N2S/c1-2-10-4-3-5-11(8-10)13(15-14)12-6-7-16-9-12/h10-13,15H,2-9,14H2,1H3. The smallest absolute Gasteiger partial charge is 0.0275 e. The highest BCUT2D eigenvalue weighted by Gasteiger charge is 2.33. The van der Waals surface area contributed by atoms with Gasteiger partial charge in [0, 0.05) is 6.04 Å². The van der Waals surface area contributed by atoms with E-state index in [2.05, 4.69) is 24.1 Å². The summed E-state index contributed by atoms with van der Waals surface area (Å²) in [5, 5.41) is 0. The summed E-state index contributed by atoms with van der Waals surface area (Å²) in [6.45, 7) is 2.34. The molecule has 0 amide bonds. The summed E-state index contributed by atoms with van der Waals surface area (Å²) in [5.74, 6) is 11.1. The van der Waals surface area contributed by atoms with Crippen molar-refractivity contribution >= 4 is 11.8 Å². The van der Waals surface area contributed by atoms with Gasteiger partial charge in [0.1, 0.15) is 0 Å². The molecule has 2 fully saturated rings. The Morgan fingerprint density at radius 1 is 1.31 bits per heavy atom. The Morgan fingerprint density at radius 3 is 2.81 bits per heavy atom. The second-order valence-corrected chi connectivity index (χ2v) is 6.67. The lowest BCUT2D eigenvalue weighted by Gasteiger charge is -2.36. The SMILES string of the molecule is CCC1CCCC(C(NN)C2CCSC2)C1. The van der Waals surface area contributed by atoms with E-state index in [1.807, 2.05) is 0 Å². The highest BCUT2D eigenvalue weighted by Crippen LogP contribution is 2.38. The maximum atomic E-state index is 5.81. The van der Waals surface area contributed by atoms with Crippen molar-refractivity contribution in [2.45, 2.75) is 51.5 Å². The van der Waals surface area contributed by atoms with E-state index < -0.39 is 0 Å². The van der Waals surface area contributed by atoms with E-state index in [-0.39, 0.29) is 0 Å². The summed E-state index contributed by atoms with van der Waals surface area (Å²) in [5.41, 5.74) is 3.15. The van der Waals surface area contributed by atoms with Crippen molar-refractivity contribution in [3.63, 3.8) is 0 Å². The minimum atomic E-state index is 0.587. The molecule has 0 spiro atoms. The van der Waals surface area contributed by atoms with Crippen LogP contribution in [0.1, 0.15) is 45.4 Å². The Hall–Kier alpha value is 0.270. The van der Waals surface area contributed by atoms with E-state index in [1.54, 1.807) is 0 Å². The van der Waals surface area contributed by atoms with Gasteiger partial charge in [-0.1, -0.05) is 26.2 Å². The van der Waals surface area contributed by atoms with Gasteiger partial charge in [-0.05, 0) is 48.5 Å². The van der Waals surface area contributed by atoms with Gasteiger partial charge in [0.25, 0.3) is 0 Å². The maximum absolute atomic E-state index is 5.81. The van der Waals surface area contributed by atoms with Crippen molar-refractivity contribution < 1.29 is 0 Å². The minimum Gasteiger partial charge on any atom is -0.271 e. The second-order valence-electron chi connectivity index (χ2n) is 5.52. The second kappa shape index (κ2) is 6.27. The van der Waals surface area contributed by atoms with Crippen LogP contribution in [-0.4, -0.2) is 17.5 Å². The predicted octanol–water partition coefficient (Wildman–Crippen LogP) is 2.79. The van der Waals surface area contributed by atoms with E-state index in [0.29, 0.717) is 6.04 Å². The molecule has 0 aromatic heterocycles. The molecule has 0 bridgehead atoms. The van der Waals surface area contributed by atoms with Crippen LogP contribution >= 0.6 is 11.8 Å². The summed E-state index contributed by atoms with van der Waals surface area (Å²) >= 11 is 2.10. The number of hydrazine groups is 1. The first-order valence-electron chi connectivity index (χ1n) is 6.89. The molecule has 3 heteroatoms. The molecule has 0 aromatic carbocycles. The Morgan fingerprint density at radius 2 is 2.19 bits per heavy atom. The fourth-order valence-electron chi connectivity index (χ4n) is 3.52. The first-order valence-corrected chi connectivity index (χ1v) is 8.04. The van der Waals surface area contributed by atoms with Gasteiger partial charge in [0.2, 0.25) is 0 Å². The molecule has 0 radical (unpaired) electrons. The largest absolute Gasteiger partial charge is 0.271 e. The van der Waals surface area contributed by atoms with Crippen LogP contribution in [0, 0.1) is 17.8 Å². The summed E-state index contributed by atoms with van der Waals surface area (Å²) in [7, 11) is 0. The first-order chi connectivity index (χ1) is 7.85. The van der Waals surface area contributed by atoms with E-state index in [9.17, 15) is 0 Å². The summed E-state index contributed by atoms with van der Waals surface area (Å²) in [6.07, 6.45) is 8.39. The number of hydrogen-bond acceptors (Lipinski definition) is 3. The van der Waals surface area contributed by atoms with Gasteiger partial charge in [0.05, 0.1) is 0 Å². The third kappa shape index (κ3) is 2.93. The molecule has 2 nitrogen and oxygen atoms in total. The molecule has 4 atom stereocenters. The third-order valence-electron chi connectivity index (χ3n) is 4.57. The number of hydrogen-bond donors (Lipinski definition) is 2. The molecule has 1 aliphatic heterocycles. The van der Waals surface area contributed by atoms with Crippen LogP contribution in [0.3, 0.4) is 0 Å². The minimum absolute atomic E-state index is 0.587. The van der Waals surface area contributed by atoms with Crippen LogP contribution in [0.25, 0.3) is 0 Å². The Kier molecular flexibility index (Phi) is 4.98. The average molecular weight is 242 g/mol. The van der Waals surface area contributed by atoms with Crippen LogP contribution in [0.5, 0.6) is 0 Å². The van der Waals surface area contributed by atoms with Crippen molar-refractivity contribution in [2.24, 2.45) is 23.6 Å². The molecule has 4 unspecified atom stereocenters. The number of nitrogens with two attached hydrogens (primary N) is 1. The summed E-state index contributed by atoms with van der Waals surface area (Å²) in [6, 6.07) is 0.587. The van der Waals surface area contributed by atoms with Crippen LogP contribution in [-0.2, 0) is 0 Å². The van der Waals surface area contributed by atoms with Gasteiger partial charge in [-0.2, -0.15) is 11.8 Å². The summed E-state index contributed by atoms with van der Waals surface area (Å²) < 4.78 is 0. The zero-order chi connectivity index (χ0) is 11.4. The molecule has 16 heavy (non-hydrogen) atoms. The number of thioether (sulfide) groups is 1. The quantitative estimate of drug-likeness (QED) is 0.588. The highest BCUT2D eigenvalue weighted by molar-refractivity contribution is 7.99. The van der Waals surface area contributed by atoms with Crippen molar-refractivity contribution in [2.75, 3.05) is 11.5 Å². The van der Waals surface area contributed by atoms with Crippen LogP contribution < -0.4 is 11.3 Å². The highest BCUT2D eigenvalue weighted by atomic mass is 32.2. The van der Waals surface area contributed by atoms with Crippen molar-refractivity contribution in [1.29, 1.82) is 0 Å². The molecule has 1 saturated carbocycles. The van der Waals surface area contributed by atoms with Gasteiger partial charge in [-0.15, -0.1) is 0 Å². The van der Waals surface area contributed by atoms with Crippen molar-refractivity contribution in [1.82, 2.24) is 5.43 Å². The number of nitrogens with one attached hydrogen (secondary N) is 1. The molecular weight excluding hydrogens is 216 g/mol. The van der Waals surface area contributed by atoms with Gasteiger partial charge in [0.15, 0.2) is 0 Å². The van der Waals surface area contributed by atoms with Gasteiger partial charge >= 0.3 is 0 Å². The lowest BCUT2D eigenvalue weighted by atomic mass is 9.74. The normalized spacial score (nSPS) is 37.5. The molecule has 3 N–H and O–H groups in total. The lowest BCUT2D eigenvalue weighted by Crippen LogP contribution is -2.47. The molecule has 94 valence electrons. The topological polar surface area (TPSA) is 38.0 Å². The predicted molar refractivity (Wildman–Crippen MR) is 72.3 cm³/mol. The fourth-order valence-corrected chi connectivity index (χ4v) is 4.84. The van der Waals surface area contributed by atoms with E-state index in [1.165, 1.54) is 50.0 Å². The molecule has 2 aliphatic rings. The Labute approximate surface area is 104 Å². The van der Waals surface area contributed by atoms with Crippen molar-refractivity contribution in [3.05, 3.63) is 0 Å². The van der Waals surface area contributed by atoms with E-state index >= 15 is 0 Å².